The predicted molar refractivity (Wildman–Crippen MR) is 130 cm³/mol. The van der Waals surface area contributed by atoms with Crippen LogP contribution in [0.4, 0.5) is 5.82 Å². The number of carbonyl (C=O) groups is 1. The number of aryl methyl sites for hydroxylation is 4. The first-order chi connectivity index (χ1) is 15.3. The Labute approximate surface area is 195 Å². The number of rotatable bonds is 4. The van der Waals surface area contributed by atoms with Gasteiger partial charge in [-0.2, -0.15) is 0 Å². The predicted octanol–water partition coefficient (Wildman–Crippen LogP) is 4.92. The normalized spacial score (nSPS) is 14.0. The third-order valence-electron chi connectivity index (χ3n) is 6.11. The molecule has 4 rings (SSSR count). The summed E-state index contributed by atoms with van der Waals surface area (Å²) in [4.78, 5) is 26.6. The highest BCUT2D eigenvalue weighted by molar-refractivity contribution is 6.30. The first-order valence-corrected chi connectivity index (χ1v) is 11.4. The van der Waals surface area contributed by atoms with Gasteiger partial charge in [-0.15, -0.1) is 0 Å². The minimum atomic E-state index is 0.0257. The van der Waals surface area contributed by atoms with Gasteiger partial charge in [-0.25, -0.2) is 9.97 Å². The third kappa shape index (κ3) is 4.78. The number of hydrogen-bond acceptors (Lipinski definition) is 4. The van der Waals surface area contributed by atoms with Gasteiger partial charge in [-0.05, 0) is 57.0 Å². The molecule has 166 valence electrons. The summed E-state index contributed by atoms with van der Waals surface area (Å²) >= 11 is 6.07. The standard InChI is InChI=1S/C26H29ClN4O/c1-17-8-9-18(2)22(14-17)16-24-19(3)28-20(4)29-25(24)30-10-12-31(13-11-30)26(32)21-6-5-7-23(27)15-21/h5-9,14-15H,10-13,16H2,1-4H3. The average molecular weight is 449 g/mol. The van der Waals surface area contributed by atoms with Crippen molar-refractivity contribution in [2.45, 2.75) is 34.1 Å². The Morgan fingerprint density at radius 3 is 2.44 bits per heavy atom. The monoisotopic (exact) mass is 448 g/mol. The van der Waals surface area contributed by atoms with E-state index in [9.17, 15) is 4.79 Å². The number of amides is 1. The van der Waals surface area contributed by atoms with Crippen molar-refractivity contribution in [1.29, 1.82) is 0 Å². The van der Waals surface area contributed by atoms with E-state index in [2.05, 4.69) is 48.9 Å². The van der Waals surface area contributed by atoms with Gasteiger partial charge in [0.05, 0.1) is 0 Å². The van der Waals surface area contributed by atoms with Gasteiger partial charge in [-0.3, -0.25) is 4.79 Å². The van der Waals surface area contributed by atoms with Crippen molar-refractivity contribution < 1.29 is 4.79 Å². The molecule has 1 amide bonds. The molecule has 6 heteroatoms. The number of carbonyl (C=O) groups excluding carboxylic acids is 1. The van der Waals surface area contributed by atoms with Gasteiger partial charge in [0.2, 0.25) is 0 Å². The molecule has 1 aliphatic heterocycles. The van der Waals surface area contributed by atoms with Crippen LogP contribution in [0.1, 0.15) is 44.1 Å². The Hall–Kier alpha value is -2.92. The Bertz CT molecular complexity index is 1150. The van der Waals surface area contributed by atoms with Crippen LogP contribution in [0.5, 0.6) is 0 Å². The van der Waals surface area contributed by atoms with Crippen LogP contribution in [0.25, 0.3) is 0 Å². The zero-order valence-corrected chi connectivity index (χ0v) is 19.9. The molecule has 0 spiro atoms. The van der Waals surface area contributed by atoms with Gasteiger partial charge in [0.1, 0.15) is 11.6 Å². The van der Waals surface area contributed by atoms with Crippen molar-refractivity contribution in [3.05, 3.63) is 86.8 Å². The highest BCUT2D eigenvalue weighted by Gasteiger charge is 2.25. The summed E-state index contributed by atoms with van der Waals surface area (Å²) in [6.45, 7) is 11.1. The molecule has 0 bridgehead atoms. The highest BCUT2D eigenvalue weighted by Crippen LogP contribution is 2.27. The SMILES string of the molecule is Cc1ccc(C)c(Cc2c(C)nc(C)nc2N2CCN(C(=O)c3cccc(Cl)c3)CC2)c1. The molecule has 0 N–H and O–H groups in total. The van der Waals surface area contributed by atoms with Gasteiger partial charge < -0.3 is 9.80 Å². The fourth-order valence-corrected chi connectivity index (χ4v) is 4.48. The lowest BCUT2D eigenvalue weighted by Gasteiger charge is -2.36. The lowest BCUT2D eigenvalue weighted by molar-refractivity contribution is 0.0746. The zero-order valence-electron chi connectivity index (χ0n) is 19.2. The molecular weight excluding hydrogens is 420 g/mol. The van der Waals surface area contributed by atoms with E-state index in [0.717, 1.165) is 36.8 Å². The lowest BCUT2D eigenvalue weighted by Crippen LogP contribution is -2.49. The van der Waals surface area contributed by atoms with Crippen LogP contribution < -0.4 is 4.90 Å². The van der Waals surface area contributed by atoms with Gasteiger partial charge in [-0.1, -0.05) is 41.4 Å². The summed E-state index contributed by atoms with van der Waals surface area (Å²) in [5, 5.41) is 0.581. The molecule has 0 atom stereocenters. The second kappa shape index (κ2) is 9.29. The van der Waals surface area contributed by atoms with Crippen LogP contribution in [0.15, 0.2) is 42.5 Å². The molecule has 0 radical (unpaired) electrons. The Morgan fingerprint density at radius 2 is 1.72 bits per heavy atom. The second-order valence-corrected chi connectivity index (χ2v) is 8.99. The number of piperazine rings is 1. The van der Waals surface area contributed by atoms with Gasteiger partial charge >= 0.3 is 0 Å². The fraction of sp³-hybridized carbons (Fsp3) is 0.346. The number of anilines is 1. The molecule has 2 aromatic carbocycles. The van der Waals surface area contributed by atoms with Crippen molar-refractivity contribution in [3.8, 4) is 0 Å². The van der Waals surface area contributed by atoms with Gasteiger partial charge in [0, 0.05) is 54.4 Å². The lowest BCUT2D eigenvalue weighted by atomic mass is 9.97. The molecule has 0 aliphatic carbocycles. The third-order valence-corrected chi connectivity index (χ3v) is 6.35. The van der Waals surface area contributed by atoms with Crippen molar-refractivity contribution in [1.82, 2.24) is 14.9 Å². The molecule has 3 aromatic rings. The van der Waals surface area contributed by atoms with Crippen molar-refractivity contribution in [2.24, 2.45) is 0 Å². The van der Waals surface area contributed by atoms with E-state index >= 15 is 0 Å². The maximum atomic E-state index is 12.9. The van der Waals surface area contributed by atoms with Crippen LogP contribution >= 0.6 is 11.6 Å². The Morgan fingerprint density at radius 1 is 0.969 bits per heavy atom. The van der Waals surface area contributed by atoms with Crippen LogP contribution in [0.2, 0.25) is 5.02 Å². The Kier molecular flexibility index (Phi) is 6.47. The van der Waals surface area contributed by atoms with E-state index in [4.69, 9.17) is 16.6 Å². The minimum absolute atomic E-state index is 0.0257. The van der Waals surface area contributed by atoms with Crippen molar-refractivity contribution >= 4 is 23.3 Å². The van der Waals surface area contributed by atoms with Crippen LogP contribution in [0, 0.1) is 27.7 Å². The first-order valence-electron chi connectivity index (χ1n) is 11.0. The molecule has 32 heavy (non-hydrogen) atoms. The maximum Gasteiger partial charge on any atom is 0.254 e. The summed E-state index contributed by atoms with van der Waals surface area (Å²) in [6, 6.07) is 13.7. The number of nitrogens with zero attached hydrogens (tertiary/aromatic N) is 4. The number of hydrogen-bond donors (Lipinski definition) is 0. The van der Waals surface area contributed by atoms with E-state index in [1.54, 1.807) is 12.1 Å². The van der Waals surface area contributed by atoms with E-state index < -0.39 is 0 Å². The topological polar surface area (TPSA) is 49.3 Å². The number of halogens is 1. The molecule has 2 heterocycles. The summed E-state index contributed by atoms with van der Waals surface area (Å²) < 4.78 is 0. The Balaban J connectivity index is 1.55. The first kappa shape index (κ1) is 22.3. The molecule has 1 aromatic heterocycles. The van der Waals surface area contributed by atoms with Crippen molar-refractivity contribution in [2.75, 3.05) is 31.1 Å². The fourth-order valence-electron chi connectivity index (χ4n) is 4.29. The summed E-state index contributed by atoms with van der Waals surface area (Å²) in [5.41, 5.74) is 6.65. The molecule has 5 nitrogen and oxygen atoms in total. The van der Waals surface area contributed by atoms with E-state index in [1.165, 1.54) is 22.3 Å². The largest absolute Gasteiger partial charge is 0.353 e. The minimum Gasteiger partial charge on any atom is -0.353 e. The molecular formula is C26H29ClN4O. The second-order valence-electron chi connectivity index (χ2n) is 8.55. The zero-order chi connectivity index (χ0) is 22.8. The van der Waals surface area contributed by atoms with E-state index in [-0.39, 0.29) is 5.91 Å². The highest BCUT2D eigenvalue weighted by atomic mass is 35.5. The number of aromatic nitrogens is 2. The number of benzene rings is 2. The smallest absolute Gasteiger partial charge is 0.254 e. The summed E-state index contributed by atoms with van der Waals surface area (Å²) in [5.74, 6) is 1.79. The van der Waals surface area contributed by atoms with Gasteiger partial charge in [0.15, 0.2) is 0 Å². The maximum absolute atomic E-state index is 12.9. The van der Waals surface area contributed by atoms with Crippen molar-refractivity contribution in [3.63, 3.8) is 0 Å². The van der Waals surface area contributed by atoms with Crippen LogP contribution in [-0.4, -0.2) is 47.0 Å². The van der Waals surface area contributed by atoms with E-state index in [1.807, 2.05) is 24.0 Å². The molecule has 1 saturated heterocycles. The quantitative estimate of drug-likeness (QED) is 0.568. The molecule has 0 unspecified atom stereocenters. The summed E-state index contributed by atoms with van der Waals surface area (Å²) in [7, 11) is 0. The summed E-state index contributed by atoms with van der Waals surface area (Å²) in [6.07, 6.45) is 0.802. The van der Waals surface area contributed by atoms with E-state index in [0.29, 0.717) is 23.7 Å². The molecule has 0 saturated carbocycles. The molecule has 1 aliphatic rings. The van der Waals surface area contributed by atoms with Crippen LogP contribution in [-0.2, 0) is 6.42 Å². The average Bonchev–Trinajstić information content (AvgIpc) is 2.77. The van der Waals surface area contributed by atoms with Crippen LogP contribution in [0.3, 0.4) is 0 Å². The molecule has 1 fully saturated rings. The van der Waals surface area contributed by atoms with Gasteiger partial charge in [0.25, 0.3) is 5.91 Å².